The van der Waals surface area contributed by atoms with E-state index in [0.29, 0.717) is 0 Å². The van der Waals surface area contributed by atoms with Crippen molar-refractivity contribution in [2.45, 2.75) is 26.3 Å². The van der Waals surface area contributed by atoms with Crippen LogP contribution in [0.2, 0.25) is 0 Å². The van der Waals surface area contributed by atoms with E-state index in [9.17, 15) is 4.39 Å². The lowest BCUT2D eigenvalue weighted by molar-refractivity contribution is 0.585. The molecule has 0 bridgehead atoms. The van der Waals surface area contributed by atoms with Gasteiger partial charge >= 0.3 is 0 Å². The van der Waals surface area contributed by atoms with Crippen LogP contribution in [-0.2, 0) is 0 Å². The fourth-order valence-corrected chi connectivity index (χ4v) is 2.66. The van der Waals surface area contributed by atoms with Crippen LogP contribution < -0.4 is 5.32 Å². The van der Waals surface area contributed by atoms with Crippen LogP contribution in [-0.4, -0.2) is 16.5 Å². The largest absolute Gasteiger partial charge is 0.305 e. The summed E-state index contributed by atoms with van der Waals surface area (Å²) in [6, 6.07) is 1.49. The van der Waals surface area contributed by atoms with E-state index in [1.54, 1.807) is 17.5 Å². The predicted molar refractivity (Wildman–Crippen MR) is 71.2 cm³/mol. The summed E-state index contributed by atoms with van der Waals surface area (Å²) in [7, 11) is 0. The normalized spacial score (nSPS) is 12.6. The van der Waals surface area contributed by atoms with Crippen LogP contribution >= 0.6 is 11.3 Å². The Balaban J connectivity index is 2.30. The lowest BCUT2D eigenvalue weighted by atomic mass is 10.1. The molecule has 0 aliphatic heterocycles. The van der Waals surface area contributed by atoms with E-state index < -0.39 is 0 Å². The zero-order valence-corrected chi connectivity index (χ0v) is 11.3. The highest BCUT2D eigenvalue weighted by atomic mass is 32.1. The fourth-order valence-electron chi connectivity index (χ4n) is 1.77. The van der Waals surface area contributed by atoms with Crippen molar-refractivity contribution in [2.75, 3.05) is 6.54 Å². The Hall–Kier alpha value is -1.33. The standard InChI is InChI=1S/C13H16FN3S/c1-3-4-16-13(12-8-17-9(2)18-12)10-5-11(14)7-15-6-10/h5-8,13,16H,3-4H2,1-2H3. The third-order valence-electron chi connectivity index (χ3n) is 2.58. The molecule has 0 fully saturated rings. The van der Waals surface area contributed by atoms with Gasteiger partial charge in [-0.05, 0) is 31.5 Å². The number of hydrogen-bond donors (Lipinski definition) is 1. The molecule has 18 heavy (non-hydrogen) atoms. The molecule has 5 heteroatoms. The molecule has 2 aromatic rings. The van der Waals surface area contributed by atoms with E-state index in [1.807, 2.05) is 13.1 Å². The molecule has 0 radical (unpaired) electrons. The van der Waals surface area contributed by atoms with E-state index in [1.165, 1.54) is 12.3 Å². The highest BCUT2D eigenvalue weighted by Crippen LogP contribution is 2.26. The maximum Gasteiger partial charge on any atom is 0.141 e. The first kappa shape index (κ1) is 13.1. The Bertz CT molecular complexity index is 512. The molecule has 1 atom stereocenters. The Morgan fingerprint density at radius 1 is 1.39 bits per heavy atom. The van der Waals surface area contributed by atoms with Gasteiger partial charge in [-0.2, -0.15) is 0 Å². The smallest absolute Gasteiger partial charge is 0.141 e. The fraction of sp³-hybridized carbons (Fsp3) is 0.385. The summed E-state index contributed by atoms with van der Waals surface area (Å²) in [6.07, 6.45) is 5.79. The quantitative estimate of drug-likeness (QED) is 0.902. The van der Waals surface area contributed by atoms with Crippen LogP contribution in [0.3, 0.4) is 0 Å². The molecule has 0 aliphatic rings. The maximum atomic E-state index is 13.3. The predicted octanol–water partition coefficient (Wildman–Crippen LogP) is 3.07. The Labute approximate surface area is 110 Å². The van der Waals surface area contributed by atoms with E-state index in [4.69, 9.17) is 0 Å². The average Bonchev–Trinajstić information content (AvgIpc) is 2.76. The molecule has 1 N–H and O–H groups in total. The van der Waals surface area contributed by atoms with Crippen molar-refractivity contribution in [3.8, 4) is 0 Å². The van der Waals surface area contributed by atoms with Gasteiger partial charge in [0.25, 0.3) is 0 Å². The average molecular weight is 265 g/mol. The van der Waals surface area contributed by atoms with Crippen molar-refractivity contribution in [3.63, 3.8) is 0 Å². The molecular weight excluding hydrogens is 249 g/mol. The number of aryl methyl sites for hydroxylation is 1. The van der Waals surface area contributed by atoms with Crippen LogP contribution in [0.15, 0.2) is 24.7 Å². The molecule has 0 aliphatic carbocycles. The van der Waals surface area contributed by atoms with Gasteiger partial charge in [-0.25, -0.2) is 9.37 Å². The number of aromatic nitrogens is 2. The monoisotopic (exact) mass is 265 g/mol. The molecule has 3 nitrogen and oxygen atoms in total. The molecule has 0 amide bonds. The maximum absolute atomic E-state index is 13.3. The highest BCUT2D eigenvalue weighted by molar-refractivity contribution is 7.11. The molecule has 0 saturated carbocycles. The van der Waals surface area contributed by atoms with Gasteiger partial charge in [0.2, 0.25) is 0 Å². The number of nitrogens with one attached hydrogen (secondary N) is 1. The summed E-state index contributed by atoms with van der Waals surface area (Å²) in [5.74, 6) is -0.308. The second kappa shape index (κ2) is 6.02. The van der Waals surface area contributed by atoms with Crippen LogP contribution in [0.25, 0.3) is 0 Å². The molecule has 0 saturated heterocycles. The summed E-state index contributed by atoms with van der Waals surface area (Å²) in [4.78, 5) is 9.26. The topological polar surface area (TPSA) is 37.8 Å². The van der Waals surface area contributed by atoms with E-state index in [-0.39, 0.29) is 11.9 Å². The van der Waals surface area contributed by atoms with Gasteiger partial charge in [0, 0.05) is 17.3 Å². The highest BCUT2D eigenvalue weighted by Gasteiger charge is 2.16. The molecule has 0 aromatic carbocycles. The number of hydrogen-bond acceptors (Lipinski definition) is 4. The Kier molecular flexibility index (Phi) is 4.38. The number of rotatable bonds is 5. The van der Waals surface area contributed by atoms with E-state index >= 15 is 0 Å². The van der Waals surface area contributed by atoms with Gasteiger partial charge in [0.15, 0.2) is 0 Å². The number of thiazole rings is 1. The third-order valence-corrected chi connectivity index (χ3v) is 3.56. The zero-order valence-electron chi connectivity index (χ0n) is 10.5. The molecule has 1 unspecified atom stereocenters. The van der Waals surface area contributed by atoms with E-state index in [2.05, 4.69) is 22.2 Å². The minimum Gasteiger partial charge on any atom is -0.305 e. The minimum absolute atomic E-state index is 0.0284. The van der Waals surface area contributed by atoms with Crippen molar-refractivity contribution in [2.24, 2.45) is 0 Å². The molecular formula is C13H16FN3S. The molecule has 96 valence electrons. The first-order chi connectivity index (χ1) is 8.70. The Morgan fingerprint density at radius 3 is 2.83 bits per heavy atom. The lowest BCUT2D eigenvalue weighted by Gasteiger charge is -2.16. The van der Waals surface area contributed by atoms with Crippen molar-refractivity contribution in [1.82, 2.24) is 15.3 Å². The third kappa shape index (κ3) is 3.11. The van der Waals surface area contributed by atoms with Crippen molar-refractivity contribution in [1.29, 1.82) is 0 Å². The Morgan fingerprint density at radius 2 is 2.22 bits per heavy atom. The van der Waals surface area contributed by atoms with Crippen molar-refractivity contribution >= 4 is 11.3 Å². The van der Waals surface area contributed by atoms with Crippen LogP contribution in [0, 0.1) is 12.7 Å². The molecule has 0 spiro atoms. The van der Waals surface area contributed by atoms with Crippen molar-refractivity contribution < 1.29 is 4.39 Å². The zero-order chi connectivity index (χ0) is 13.0. The molecule has 2 aromatic heterocycles. The number of halogens is 1. The first-order valence-corrected chi connectivity index (χ1v) is 6.78. The minimum atomic E-state index is -0.308. The number of pyridine rings is 1. The summed E-state index contributed by atoms with van der Waals surface area (Å²) < 4.78 is 13.3. The van der Waals surface area contributed by atoms with Crippen LogP contribution in [0.5, 0.6) is 0 Å². The van der Waals surface area contributed by atoms with Gasteiger partial charge in [-0.1, -0.05) is 6.92 Å². The summed E-state index contributed by atoms with van der Waals surface area (Å²) >= 11 is 1.62. The second-order valence-electron chi connectivity index (χ2n) is 4.11. The summed E-state index contributed by atoms with van der Waals surface area (Å²) in [5, 5.41) is 4.42. The van der Waals surface area contributed by atoms with Crippen LogP contribution in [0.1, 0.15) is 34.8 Å². The van der Waals surface area contributed by atoms with Gasteiger partial charge in [-0.15, -0.1) is 11.3 Å². The van der Waals surface area contributed by atoms with E-state index in [0.717, 1.165) is 28.4 Å². The van der Waals surface area contributed by atoms with Gasteiger partial charge < -0.3 is 5.32 Å². The summed E-state index contributed by atoms with van der Waals surface area (Å²) in [5.41, 5.74) is 0.840. The number of nitrogens with zero attached hydrogens (tertiary/aromatic N) is 2. The second-order valence-corrected chi connectivity index (χ2v) is 5.37. The van der Waals surface area contributed by atoms with Gasteiger partial charge in [0.05, 0.1) is 17.2 Å². The van der Waals surface area contributed by atoms with Crippen molar-refractivity contribution in [3.05, 3.63) is 45.9 Å². The lowest BCUT2D eigenvalue weighted by Crippen LogP contribution is -2.22. The molecule has 2 heterocycles. The van der Waals surface area contributed by atoms with Gasteiger partial charge in [0.1, 0.15) is 5.82 Å². The molecule has 2 rings (SSSR count). The summed E-state index contributed by atoms with van der Waals surface area (Å²) in [6.45, 7) is 4.94. The van der Waals surface area contributed by atoms with Crippen LogP contribution in [0.4, 0.5) is 4.39 Å². The van der Waals surface area contributed by atoms with Gasteiger partial charge in [-0.3, -0.25) is 4.98 Å². The first-order valence-electron chi connectivity index (χ1n) is 5.97. The SMILES string of the molecule is CCCNC(c1cncc(F)c1)c1cnc(C)s1.